The molecule has 1 aromatic carbocycles. The molecule has 0 aromatic heterocycles. The molecule has 0 radical (unpaired) electrons. The summed E-state index contributed by atoms with van der Waals surface area (Å²) in [4.78, 5) is 12.1. The lowest BCUT2D eigenvalue weighted by Crippen LogP contribution is -2.33. The van der Waals surface area contributed by atoms with E-state index in [-0.39, 0.29) is 24.7 Å². The molecule has 5 nitrogen and oxygen atoms in total. The number of benzene rings is 1. The first kappa shape index (κ1) is 12.3. The summed E-state index contributed by atoms with van der Waals surface area (Å²) in [5.74, 6) is 1.73. The highest BCUT2D eigenvalue weighted by atomic mass is 16.7. The van der Waals surface area contributed by atoms with Gasteiger partial charge in [-0.2, -0.15) is 0 Å². The third kappa shape index (κ3) is 2.51. The predicted molar refractivity (Wildman–Crippen MR) is 70.1 cm³/mol. The monoisotopic (exact) mass is 262 g/mol. The van der Waals surface area contributed by atoms with E-state index < -0.39 is 0 Å². The molecule has 102 valence electrons. The van der Waals surface area contributed by atoms with Gasteiger partial charge in [0.15, 0.2) is 11.5 Å². The Balaban J connectivity index is 1.66. The second kappa shape index (κ2) is 5.09. The minimum Gasteiger partial charge on any atom is -0.454 e. The van der Waals surface area contributed by atoms with Crippen LogP contribution in [0, 0.1) is 5.92 Å². The van der Waals surface area contributed by atoms with Gasteiger partial charge in [-0.1, -0.05) is 6.07 Å². The average molecular weight is 262 g/mol. The average Bonchev–Trinajstić information content (AvgIpc) is 3.09. The lowest BCUT2D eigenvalue weighted by molar-refractivity contribution is -0.125. The van der Waals surface area contributed by atoms with Crippen molar-refractivity contribution in [3.8, 4) is 11.5 Å². The molecule has 2 unspecified atom stereocenters. The molecule has 5 heteroatoms. The first-order valence-electron chi connectivity index (χ1n) is 6.64. The molecule has 1 fully saturated rings. The lowest BCUT2D eigenvalue weighted by Gasteiger charge is -2.17. The lowest BCUT2D eigenvalue weighted by atomic mass is 10.0. The van der Waals surface area contributed by atoms with Crippen molar-refractivity contribution in [2.24, 2.45) is 5.92 Å². The summed E-state index contributed by atoms with van der Waals surface area (Å²) in [6.07, 6.45) is 0.916. The van der Waals surface area contributed by atoms with Gasteiger partial charge in [-0.15, -0.1) is 0 Å². The van der Waals surface area contributed by atoms with Crippen LogP contribution in [0.25, 0.3) is 0 Å². The summed E-state index contributed by atoms with van der Waals surface area (Å²) in [5.41, 5.74) is 1.03. The first-order valence-corrected chi connectivity index (χ1v) is 6.64. The van der Waals surface area contributed by atoms with Gasteiger partial charge in [-0.25, -0.2) is 0 Å². The molecule has 0 saturated carbocycles. The molecule has 2 atom stereocenters. The molecule has 3 rings (SSSR count). The maximum absolute atomic E-state index is 12.1. The standard InChI is InChI=1S/C14H18N2O3/c1-9(16-14(17)11-4-5-15-7-11)10-2-3-12-13(6-10)19-8-18-12/h2-3,6,9,11,15H,4-5,7-8H2,1H3,(H,16,17). The zero-order chi connectivity index (χ0) is 13.2. The normalized spacial score (nSPS) is 22.3. The summed E-state index contributed by atoms with van der Waals surface area (Å²) < 4.78 is 10.6. The molecule has 0 spiro atoms. The molecule has 2 aliphatic heterocycles. The van der Waals surface area contributed by atoms with Gasteiger partial charge in [0, 0.05) is 6.54 Å². The van der Waals surface area contributed by atoms with Crippen molar-refractivity contribution >= 4 is 5.91 Å². The van der Waals surface area contributed by atoms with Gasteiger partial charge >= 0.3 is 0 Å². The van der Waals surface area contributed by atoms with Crippen molar-refractivity contribution in [2.45, 2.75) is 19.4 Å². The highest BCUT2D eigenvalue weighted by molar-refractivity contribution is 5.79. The fourth-order valence-corrected chi connectivity index (χ4v) is 2.48. The van der Waals surface area contributed by atoms with Crippen molar-refractivity contribution in [3.05, 3.63) is 23.8 Å². The van der Waals surface area contributed by atoms with E-state index >= 15 is 0 Å². The Labute approximate surface area is 112 Å². The van der Waals surface area contributed by atoms with Gasteiger partial charge in [-0.3, -0.25) is 4.79 Å². The largest absolute Gasteiger partial charge is 0.454 e. The number of carbonyl (C=O) groups excluding carboxylic acids is 1. The molecule has 2 aliphatic rings. The zero-order valence-corrected chi connectivity index (χ0v) is 10.9. The minimum absolute atomic E-state index is 0.0254. The maximum atomic E-state index is 12.1. The van der Waals surface area contributed by atoms with Gasteiger partial charge in [0.25, 0.3) is 0 Å². The van der Waals surface area contributed by atoms with E-state index in [4.69, 9.17) is 9.47 Å². The SMILES string of the molecule is CC(NC(=O)C1CCNC1)c1ccc2c(c1)OCO2. The Morgan fingerprint density at radius 3 is 3.05 bits per heavy atom. The fourth-order valence-electron chi connectivity index (χ4n) is 2.48. The van der Waals surface area contributed by atoms with Crippen LogP contribution in [0.3, 0.4) is 0 Å². The van der Waals surface area contributed by atoms with Gasteiger partial charge in [0.2, 0.25) is 12.7 Å². The highest BCUT2D eigenvalue weighted by Crippen LogP contribution is 2.34. The van der Waals surface area contributed by atoms with Crippen LogP contribution in [0.4, 0.5) is 0 Å². The molecular formula is C14H18N2O3. The van der Waals surface area contributed by atoms with Gasteiger partial charge < -0.3 is 20.1 Å². The molecule has 0 aliphatic carbocycles. The fraction of sp³-hybridized carbons (Fsp3) is 0.500. The van der Waals surface area contributed by atoms with Gasteiger partial charge in [0.05, 0.1) is 12.0 Å². The van der Waals surface area contributed by atoms with Crippen LogP contribution in [0.1, 0.15) is 24.9 Å². The number of ether oxygens (including phenoxy) is 2. The van der Waals surface area contributed by atoms with Crippen molar-refractivity contribution in [2.75, 3.05) is 19.9 Å². The summed E-state index contributed by atoms with van der Waals surface area (Å²) in [6.45, 7) is 3.96. The predicted octanol–water partition coefficient (Wildman–Crippen LogP) is 1.20. The van der Waals surface area contributed by atoms with Crippen molar-refractivity contribution in [1.29, 1.82) is 0 Å². The number of fused-ring (bicyclic) bond motifs is 1. The van der Waals surface area contributed by atoms with Crippen LogP contribution < -0.4 is 20.1 Å². The van der Waals surface area contributed by atoms with Crippen LogP contribution in [0.5, 0.6) is 11.5 Å². The zero-order valence-electron chi connectivity index (χ0n) is 10.9. The topological polar surface area (TPSA) is 59.6 Å². The number of hydrogen-bond acceptors (Lipinski definition) is 4. The van der Waals surface area contributed by atoms with E-state index in [0.29, 0.717) is 0 Å². The molecule has 19 heavy (non-hydrogen) atoms. The third-order valence-electron chi connectivity index (χ3n) is 3.69. The number of carbonyl (C=O) groups is 1. The van der Waals surface area contributed by atoms with E-state index in [2.05, 4.69) is 10.6 Å². The van der Waals surface area contributed by atoms with E-state index in [1.165, 1.54) is 0 Å². The van der Waals surface area contributed by atoms with Crippen molar-refractivity contribution < 1.29 is 14.3 Å². The van der Waals surface area contributed by atoms with Crippen molar-refractivity contribution in [3.63, 3.8) is 0 Å². The quantitative estimate of drug-likeness (QED) is 0.859. The Morgan fingerprint density at radius 2 is 2.26 bits per heavy atom. The number of rotatable bonds is 3. The number of hydrogen-bond donors (Lipinski definition) is 2. The van der Waals surface area contributed by atoms with Crippen LogP contribution in [0.2, 0.25) is 0 Å². The Hall–Kier alpha value is -1.75. The molecular weight excluding hydrogens is 244 g/mol. The van der Waals surface area contributed by atoms with Crippen LogP contribution in [-0.4, -0.2) is 25.8 Å². The summed E-state index contributed by atoms with van der Waals surface area (Å²) >= 11 is 0. The molecule has 1 amide bonds. The summed E-state index contributed by atoms with van der Waals surface area (Å²) in [7, 11) is 0. The van der Waals surface area contributed by atoms with E-state index in [0.717, 1.165) is 36.6 Å². The van der Waals surface area contributed by atoms with E-state index in [9.17, 15) is 4.79 Å². The molecule has 2 heterocycles. The smallest absolute Gasteiger partial charge is 0.231 e. The van der Waals surface area contributed by atoms with Crippen LogP contribution in [0.15, 0.2) is 18.2 Å². The van der Waals surface area contributed by atoms with Gasteiger partial charge in [-0.05, 0) is 37.6 Å². The Morgan fingerprint density at radius 1 is 1.42 bits per heavy atom. The summed E-state index contributed by atoms with van der Waals surface area (Å²) in [5, 5.41) is 6.26. The Kier molecular flexibility index (Phi) is 3.29. The minimum atomic E-state index is -0.0254. The Bertz CT molecular complexity index is 484. The molecule has 0 bridgehead atoms. The number of amides is 1. The first-order chi connectivity index (χ1) is 9.24. The van der Waals surface area contributed by atoms with Gasteiger partial charge in [0.1, 0.15) is 0 Å². The second-order valence-corrected chi connectivity index (χ2v) is 5.03. The molecule has 2 N–H and O–H groups in total. The molecule has 1 aromatic rings. The van der Waals surface area contributed by atoms with Crippen LogP contribution in [-0.2, 0) is 4.79 Å². The second-order valence-electron chi connectivity index (χ2n) is 5.03. The number of nitrogens with one attached hydrogen (secondary N) is 2. The van der Waals surface area contributed by atoms with E-state index in [1.54, 1.807) is 0 Å². The maximum Gasteiger partial charge on any atom is 0.231 e. The molecule has 1 saturated heterocycles. The highest BCUT2D eigenvalue weighted by Gasteiger charge is 2.24. The summed E-state index contributed by atoms with van der Waals surface area (Å²) in [6, 6.07) is 5.76. The van der Waals surface area contributed by atoms with E-state index in [1.807, 2.05) is 25.1 Å². The third-order valence-corrected chi connectivity index (χ3v) is 3.69. The van der Waals surface area contributed by atoms with Crippen molar-refractivity contribution in [1.82, 2.24) is 10.6 Å². The van der Waals surface area contributed by atoms with Crippen LogP contribution >= 0.6 is 0 Å².